The lowest BCUT2D eigenvalue weighted by Crippen LogP contribution is -2.54. The molecule has 4 atom stereocenters. The van der Waals surface area contributed by atoms with Gasteiger partial charge in [0.25, 0.3) is 0 Å². The molecule has 3 saturated carbocycles. The number of nitrogens with zero attached hydrogens (tertiary/aromatic N) is 2. The van der Waals surface area contributed by atoms with Crippen LogP contribution in [0.5, 0.6) is 0 Å². The Balaban J connectivity index is 1.31. The molecule has 5 nitrogen and oxygen atoms in total. The van der Waals surface area contributed by atoms with Crippen molar-refractivity contribution in [1.82, 2.24) is 14.5 Å². The molecule has 1 N–H and O–H groups in total. The van der Waals surface area contributed by atoms with Crippen LogP contribution in [0.3, 0.4) is 0 Å². The third-order valence-corrected chi connectivity index (χ3v) is 10.9. The fraction of sp³-hybridized carbons (Fsp3) is 1.00. The standard InChI is InChI=1S/C24H45N3O2S/c1-26(2)23-12-6-11-22-21(23)10-7-13-24(22)30(28,29)25-20-14-16-27(17-15-20)18-19-8-4-3-5-9-19/h19-25H,3-18H2,1-2H3. The van der Waals surface area contributed by atoms with Crippen LogP contribution < -0.4 is 4.72 Å². The highest BCUT2D eigenvalue weighted by molar-refractivity contribution is 7.90. The molecule has 4 fully saturated rings. The number of likely N-dealkylation sites (tertiary alicyclic amines) is 1. The first-order valence-corrected chi connectivity index (χ1v) is 14.4. The molecule has 0 spiro atoms. The second kappa shape index (κ2) is 10.2. The van der Waals surface area contributed by atoms with E-state index < -0.39 is 10.0 Å². The number of hydrogen-bond acceptors (Lipinski definition) is 4. The molecule has 3 aliphatic carbocycles. The van der Waals surface area contributed by atoms with Gasteiger partial charge in [-0.3, -0.25) is 0 Å². The molecule has 4 aliphatic rings. The van der Waals surface area contributed by atoms with E-state index in [2.05, 4.69) is 28.6 Å². The van der Waals surface area contributed by atoms with Crippen molar-refractivity contribution in [2.75, 3.05) is 33.7 Å². The molecule has 4 rings (SSSR count). The number of fused-ring (bicyclic) bond motifs is 1. The Morgan fingerprint density at radius 2 is 1.47 bits per heavy atom. The third kappa shape index (κ3) is 5.41. The van der Waals surface area contributed by atoms with E-state index in [1.165, 1.54) is 57.9 Å². The first-order chi connectivity index (χ1) is 14.4. The normalized spacial score (nSPS) is 35.4. The molecule has 0 radical (unpaired) electrons. The molecule has 0 aromatic heterocycles. The average Bonchev–Trinajstić information content (AvgIpc) is 2.74. The van der Waals surface area contributed by atoms with Crippen molar-refractivity contribution in [3.05, 3.63) is 0 Å². The molecule has 30 heavy (non-hydrogen) atoms. The van der Waals surface area contributed by atoms with Gasteiger partial charge < -0.3 is 9.80 Å². The Bertz CT molecular complexity index is 639. The van der Waals surface area contributed by atoms with E-state index in [4.69, 9.17) is 0 Å². The third-order valence-electron chi connectivity index (χ3n) is 8.81. The summed E-state index contributed by atoms with van der Waals surface area (Å²) in [5.74, 6) is 1.78. The molecule has 4 unspecified atom stereocenters. The van der Waals surface area contributed by atoms with Crippen LogP contribution in [0.1, 0.15) is 83.5 Å². The van der Waals surface area contributed by atoms with Gasteiger partial charge in [0.1, 0.15) is 0 Å². The van der Waals surface area contributed by atoms with Crippen molar-refractivity contribution < 1.29 is 8.42 Å². The molecule has 1 heterocycles. The van der Waals surface area contributed by atoms with Crippen LogP contribution in [0.25, 0.3) is 0 Å². The van der Waals surface area contributed by atoms with E-state index in [1.807, 2.05) is 0 Å². The largest absolute Gasteiger partial charge is 0.306 e. The molecular weight excluding hydrogens is 394 g/mol. The molecule has 0 aromatic carbocycles. The van der Waals surface area contributed by atoms with Crippen LogP contribution in [-0.4, -0.2) is 69.3 Å². The Morgan fingerprint density at radius 3 is 2.17 bits per heavy atom. The topological polar surface area (TPSA) is 52.7 Å². The maximum Gasteiger partial charge on any atom is 0.215 e. The van der Waals surface area contributed by atoms with E-state index in [1.54, 1.807) is 0 Å². The Morgan fingerprint density at radius 1 is 0.800 bits per heavy atom. The van der Waals surface area contributed by atoms with Gasteiger partial charge in [0, 0.05) is 18.6 Å². The highest BCUT2D eigenvalue weighted by Crippen LogP contribution is 2.44. The van der Waals surface area contributed by atoms with Gasteiger partial charge in [0.2, 0.25) is 10.0 Å². The monoisotopic (exact) mass is 439 g/mol. The van der Waals surface area contributed by atoms with Gasteiger partial charge in [-0.1, -0.05) is 32.1 Å². The lowest BCUT2D eigenvalue weighted by Gasteiger charge is -2.47. The molecule has 0 bridgehead atoms. The van der Waals surface area contributed by atoms with Crippen molar-refractivity contribution >= 4 is 10.0 Å². The molecule has 6 heteroatoms. The second-order valence-corrected chi connectivity index (χ2v) is 12.9. The van der Waals surface area contributed by atoms with E-state index in [-0.39, 0.29) is 11.3 Å². The van der Waals surface area contributed by atoms with Gasteiger partial charge in [-0.2, -0.15) is 0 Å². The zero-order valence-corrected chi connectivity index (χ0v) is 20.2. The number of rotatable bonds is 6. The molecule has 1 aliphatic heterocycles. The highest BCUT2D eigenvalue weighted by Gasteiger charge is 2.46. The number of hydrogen-bond donors (Lipinski definition) is 1. The summed E-state index contributed by atoms with van der Waals surface area (Å²) in [6, 6.07) is 0.705. The average molecular weight is 440 g/mol. The summed E-state index contributed by atoms with van der Waals surface area (Å²) in [4.78, 5) is 4.95. The minimum Gasteiger partial charge on any atom is -0.306 e. The second-order valence-electron chi connectivity index (χ2n) is 11.0. The van der Waals surface area contributed by atoms with Crippen LogP contribution >= 0.6 is 0 Å². The smallest absolute Gasteiger partial charge is 0.215 e. The summed E-state index contributed by atoms with van der Waals surface area (Å²) in [5, 5.41) is -0.167. The molecule has 174 valence electrons. The van der Waals surface area contributed by atoms with E-state index in [9.17, 15) is 8.42 Å². The van der Waals surface area contributed by atoms with E-state index >= 15 is 0 Å². The van der Waals surface area contributed by atoms with E-state index in [0.29, 0.717) is 17.9 Å². The summed E-state index contributed by atoms with van der Waals surface area (Å²) in [7, 11) is 1.11. The molecule has 0 amide bonds. The van der Waals surface area contributed by atoms with Gasteiger partial charge >= 0.3 is 0 Å². The number of piperidine rings is 1. The van der Waals surface area contributed by atoms with Crippen molar-refractivity contribution in [3.8, 4) is 0 Å². The van der Waals surface area contributed by atoms with Crippen molar-refractivity contribution in [2.24, 2.45) is 17.8 Å². The summed E-state index contributed by atoms with van der Waals surface area (Å²) in [5.41, 5.74) is 0. The molecular formula is C24H45N3O2S. The minimum atomic E-state index is -3.23. The summed E-state index contributed by atoms with van der Waals surface area (Å²) < 4.78 is 30.1. The van der Waals surface area contributed by atoms with Crippen molar-refractivity contribution in [1.29, 1.82) is 0 Å². The van der Waals surface area contributed by atoms with Crippen LogP contribution in [0.15, 0.2) is 0 Å². The van der Waals surface area contributed by atoms with Gasteiger partial charge in [-0.25, -0.2) is 13.1 Å². The van der Waals surface area contributed by atoms with Crippen LogP contribution in [0.2, 0.25) is 0 Å². The van der Waals surface area contributed by atoms with Crippen LogP contribution in [0, 0.1) is 17.8 Å². The maximum atomic E-state index is 13.4. The quantitative estimate of drug-likeness (QED) is 0.683. The maximum absolute atomic E-state index is 13.4. The first kappa shape index (κ1) is 23.0. The predicted molar refractivity (Wildman–Crippen MR) is 124 cm³/mol. The summed E-state index contributed by atoms with van der Waals surface area (Å²) in [6.07, 6.45) is 15.6. The Labute approximate surface area is 185 Å². The highest BCUT2D eigenvalue weighted by atomic mass is 32.2. The fourth-order valence-corrected chi connectivity index (χ4v) is 9.38. The summed E-state index contributed by atoms with van der Waals surface area (Å²) in [6.45, 7) is 3.35. The molecule has 1 saturated heterocycles. The van der Waals surface area contributed by atoms with Gasteiger partial charge in [0.05, 0.1) is 5.25 Å². The summed E-state index contributed by atoms with van der Waals surface area (Å²) >= 11 is 0. The Kier molecular flexibility index (Phi) is 7.81. The number of nitrogens with one attached hydrogen (secondary N) is 1. The van der Waals surface area contributed by atoms with Gasteiger partial charge in [-0.15, -0.1) is 0 Å². The zero-order valence-electron chi connectivity index (χ0n) is 19.4. The lowest BCUT2D eigenvalue weighted by molar-refractivity contribution is 0.0711. The minimum absolute atomic E-state index is 0.145. The zero-order chi connectivity index (χ0) is 21.1. The fourth-order valence-electron chi connectivity index (χ4n) is 7.23. The number of sulfonamides is 1. The van der Waals surface area contributed by atoms with E-state index in [0.717, 1.165) is 51.1 Å². The van der Waals surface area contributed by atoms with Gasteiger partial charge in [0.15, 0.2) is 0 Å². The van der Waals surface area contributed by atoms with Crippen molar-refractivity contribution in [2.45, 2.75) is 101 Å². The molecule has 0 aromatic rings. The van der Waals surface area contributed by atoms with Gasteiger partial charge in [-0.05, 0) is 96.3 Å². The first-order valence-electron chi connectivity index (χ1n) is 12.8. The SMILES string of the molecule is CN(C)C1CCCC2C1CCCC2S(=O)(=O)NC1CCN(CC2CCCCC2)CC1. The van der Waals surface area contributed by atoms with Crippen LogP contribution in [0.4, 0.5) is 0 Å². The van der Waals surface area contributed by atoms with Crippen molar-refractivity contribution in [3.63, 3.8) is 0 Å². The van der Waals surface area contributed by atoms with Crippen LogP contribution in [-0.2, 0) is 10.0 Å². The lowest BCUT2D eigenvalue weighted by atomic mass is 9.68. The Hall–Kier alpha value is -0.170. The predicted octanol–water partition coefficient (Wildman–Crippen LogP) is 3.85.